The van der Waals surface area contributed by atoms with E-state index in [0.717, 1.165) is 42.9 Å². The maximum Gasteiger partial charge on any atom is 0.147 e. The molecule has 0 fully saturated rings. The van der Waals surface area contributed by atoms with Gasteiger partial charge in [-0.15, -0.1) is 0 Å². The normalized spacial score (nSPS) is 12.7. The van der Waals surface area contributed by atoms with Gasteiger partial charge in [0, 0.05) is 19.7 Å². The molecule has 5 nitrogen and oxygen atoms in total. The van der Waals surface area contributed by atoms with E-state index >= 15 is 0 Å². The average Bonchev–Trinajstić information content (AvgIpc) is 2.55. The molecule has 5 heteroatoms. The molecule has 98 valence electrons. The number of nitrogens with zero attached hydrogens (tertiary/aromatic N) is 2. The first kappa shape index (κ1) is 13.8. The first-order chi connectivity index (χ1) is 8.10. The summed E-state index contributed by atoms with van der Waals surface area (Å²) >= 11 is 0. The lowest BCUT2D eigenvalue weighted by molar-refractivity contribution is 0.282. The zero-order valence-corrected chi connectivity index (χ0v) is 11.0. The van der Waals surface area contributed by atoms with Crippen LogP contribution in [0.25, 0.3) is 0 Å². The highest BCUT2D eigenvalue weighted by molar-refractivity contribution is 5.65. The van der Waals surface area contributed by atoms with Gasteiger partial charge in [0.1, 0.15) is 5.82 Å². The molecule has 0 saturated heterocycles. The third kappa shape index (κ3) is 3.63. The first-order valence-electron chi connectivity index (χ1n) is 6.28. The lowest BCUT2D eigenvalue weighted by Gasteiger charge is -2.15. The molecule has 1 aromatic heterocycles. The van der Waals surface area contributed by atoms with E-state index in [1.54, 1.807) is 4.68 Å². The molecule has 0 aliphatic carbocycles. The lowest BCUT2D eigenvalue weighted by atomic mass is 10.2. The van der Waals surface area contributed by atoms with Crippen molar-refractivity contribution in [3.63, 3.8) is 0 Å². The molecule has 0 radical (unpaired) electrons. The molecule has 0 bridgehead atoms. The Morgan fingerprint density at radius 2 is 2.24 bits per heavy atom. The number of hydrogen-bond donors (Lipinski definition) is 3. The fraction of sp³-hybridized carbons (Fsp3) is 0.750. The standard InChI is InChI=1S/C12H24N4O/c1-4-6-10-11(13)12(16(3)15-10)14-9(2)7-5-8-17/h9,14,17H,4-8,13H2,1-3H3. The summed E-state index contributed by atoms with van der Waals surface area (Å²) in [5.74, 6) is 0.888. The minimum atomic E-state index is 0.230. The highest BCUT2D eigenvalue weighted by Gasteiger charge is 2.14. The van der Waals surface area contributed by atoms with Crippen LogP contribution in [0.3, 0.4) is 0 Å². The van der Waals surface area contributed by atoms with Crippen LogP contribution >= 0.6 is 0 Å². The van der Waals surface area contributed by atoms with E-state index in [2.05, 4.69) is 24.3 Å². The topological polar surface area (TPSA) is 76.1 Å². The maximum atomic E-state index is 8.79. The van der Waals surface area contributed by atoms with Crippen LogP contribution in [0.5, 0.6) is 0 Å². The summed E-state index contributed by atoms with van der Waals surface area (Å²) in [5.41, 5.74) is 7.79. The van der Waals surface area contributed by atoms with E-state index in [1.807, 2.05) is 7.05 Å². The van der Waals surface area contributed by atoms with Crippen molar-refractivity contribution in [1.29, 1.82) is 0 Å². The minimum Gasteiger partial charge on any atom is -0.396 e. The number of anilines is 2. The zero-order valence-electron chi connectivity index (χ0n) is 11.0. The van der Waals surface area contributed by atoms with Crippen molar-refractivity contribution < 1.29 is 5.11 Å². The maximum absolute atomic E-state index is 8.79. The third-order valence-electron chi connectivity index (χ3n) is 2.83. The summed E-state index contributed by atoms with van der Waals surface area (Å²) in [6, 6.07) is 0.286. The van der Waals surface area contributed by atoms with Crippen molar-refractivity contribution in [2.75, 3.05) is 17.7 Å². The Kier molecular flexibility index (Phi) is 5.28. The molecule has 1 unspecified atom stereocenters. The molecular formula is C12H24N4O. The molecule has 1 rings (SSSR count). The Morgan fingerprint density at radius 1 is 1.53 bits per heavy atom. The number of rotatable bonds is 7. The summed E-state index contributed by atoms with van der Waals surface area (Å²) < 4.78 is 1.80. The second kappa shape index (κ2) is 6.49. The molecule has 4 N–H and O–H groups in total. The number of hydrogen-bond acceptors (Lipinski definition) is 4. The minimum absolute atomic E-state index is 0.230. The number of aromatic nitrogens is 2. The van der Waals surface area contributed by atoms with Gasteiger partial charge in [0.2, 0.25) is 0 Å². The summed E-state index contributed by atoms with van der Waals surface area (Å²) in [6.45, 7) is 4.43. The zero-order chi connectivity index (χ0) is 12.8. The smallest absolute Gasteiger partial charge is 0.147 e. The summed E-state index contributed by atoms with van der Waals surface area (Å²) in [5, 5.41) is 16.6. The number of aliphatic hydroxyl groups excluding tert-OH is 1. The monoisotopic (exact) mass is 240 g/mol. The number of aliphatic hydroxyl groups is 1. The largest absolute Gasteiger partial charge is 0.396 e. The molecular weight excluding hydrogens is 216 g/mol. The van der Waals surface area contributed by atoms with Crippen LogP contribution in [-0.4, -0.2) is 27.5 Å². The van der Waals surface area contributed by atoms with Crippen LogP contribution in [0.4, 0.5) is 11.5 Å². The second-order valence-corrected chi connectivity index (χ2v) is 4.49. The quantitative estimate of drug-likeness (QED) is 0.675. The molecule has 0 aliphatic rings. The molecule has 0 spiro atoms. The van der Waals surface area contributed by atoms with Crippen molar-refractivity contribution in [2.45, 2.75) is 45.6 Å². The number of nitrogens with one attached hydrogen (secondary N) is 1. The number of nitrogens with two attached hydrogens (primary N) is 1. The molecule has 0 saturated carbocycles. The fourth-order valence-corrected chi connectivity index (χ4v) is 1.89. The van der Waals surface area contributed by atoms with Crippen LogP contribution in [0.15, 0.2) is 0 Å². The van der Waals surface area contributed by atoms with Crippen molar-refractivity contribution in [3.05, 3.63) is 5.69 Å². The van der Waals surface area contributed by atoms with Crippen LogP contribution in [-0.2, 0) is 13.5 Å². The van der Waals surface area contributed by atoms with Gasteiger partial charge in [-0.25, -0.2) is 0 Å². The van der Waals surface area contributed by atoms with Crippen molar-refractivity contribution in [3.8, 4) is 0 Å². The van der Waals surface area contributed by atoms with Gasteiger partial charge >= 0.3 is 0 Å². The summed E-state index contributed by atoms with van der Waals surface area (Å²) in [6.07, 6.45) is 3.67. The summed E-state index contributed by atoms with van der Waals surface area (Å²) in [7, 11) is 1.90. The van der Waals surface area contributed by atoms with Gasteiger partial charge in [0.05, 0.1) is 11.4 Å². The molecule has 0 aromatic carbocycles. The van der Waals surface area contributed by atoms with Crippen LogP contribution < -0.4 is 11.1 Å². The molecule has 0 aliphatic heterocycles. The Labute approximate surface area is 103 Å². The predicted molar refractivity (Wildman–Crippen MR) is 71.0 cm³/mol. The number of aryl methyl sites for hydroxylation is 2. The predicted octanol–water partition coefficient (Wildman–Crippen LogP) is 1.53. The first-order valence-corrected chi connectivity index (χ1v) is 6.28. The van der Waals surface area contributed by atoms with E-state index < -0.39 is 0 Å². The Bertz CT molecular complexity index is 349. The van der Waals surface area contributed by atoms with Crippen LogP contribution in [0, 0.1) is 0 Å². The fourth-order valence-electron chi connectivity index (χ4n) is 1.89. The van der Waals surface area contributed by atoms with Gasteiger partial charge in [0.15, 0.2) is 0 Å². The van der Waals surface area contributed by atoms with Gasteiger partial charge in [-0.3, -0.25) is 4.68 Å². The highest BCUT2D eigenvalue weighted by atomic mass is 16.2. The molecule has 1 heterocycles. The Balaban J connectivity index is 2.69. The van der Waals surface area contributed by atoms with E-state index in [-0.39, 0.29) is 12.6 Å². The molecule has 17 heavy (non-hydrogen) atoms. The second-order valence-electron chi connectivity index (χ2n) is 4.49. The molecule has 1 aromatic rings. The van der Waals surface area contributed by atoms with Crippen molar-refractivity contribution in [1.82, 2.24) is 9.78 Å². The summed E-state index contributed by atoms with van der Waals surface area (Å²) in [4.78, 5) is 0. The van der Waals surface area contributed by atoms with E-state index in [0.29, 0.717) is 0 Å². The van der Waals surface area contributed by atoms with Crippen molar-refractivity contribution in [2.24, 2.45) is 7.05 Å². The Morgan fingerprint density at radius 3 is 2.82 bits per heavy atom. The van der Waals surface area contributed by atoms with Gasteiger partial charge in [-0.05, 0) is 26.2 Å². The molecule has 0 amide bonds. The van der Waals surface area contributed by atoms with Crippen LogP contribution in [0.2, 0.25) is 0 Å². The van der Waals surface area contributed by atoms with Crippen LogP contribution in [0.1, 0.15) is 38.8 Å². The van der Waals surface area contributed by atoms with Gasteiger partial charge in [-0.1, -0.05) is 13.3 Å². The van der Waals surface area contributed by atoms with E-state index in [9.17, 15) is 0 Å². The van der Waals surface area contributed by atoms with E-state index in [4.69, 9.17) is 10.8 Å². The third-order valence-corrected chi connectivity index (χ3v) is 2.83. The van der Waals surface area contributed by atoms with Gasteiger partial charge in [-0.2, -0.15) is 5.10 Å². The molecule has 1 atom stereocenters. The van der Waals surface area contributed by atoms with Crippen molar-refractivity contribution >= 4 is 11.5 Å². The van der Waals surface area contributed by atoms with E-state index in [1.165, 1.54) is 0 Å². The highest BCUT2D eigenvalue weighted by Crippen LogP contribution is 2.24. The Hall–Kier alpha value is -1.23. The van der Waals surface area contributed by atoms with Gasteiger partial charge < -0.3 is 16.2 Å². The van der Waals surface area contributed by atoms with Gasteiger partial charge in [0.25, 0.3) is 0 Å². The number of nitrogen functional groups attached to an aromatic ring is 1. The lowest BCUT2D eigenvalue weighted by Crippen LogP contribution is -2.18. The SMILES string of the molecule is CCCc1nn(C)c(NC(C)CCCO)c1N. The average molecular weight is 240 g/mol.